The molecule has 0 unspecified atom stereocenters. The van der Waals surface area contributed by atoms with Gasteiger partial charge in [0.2, 0.25) is 0 Å². The van der Waals surface area contributed by atoms with Gasteiger partial charge >= 0.3 is 35.5 Å². The molecule has 0 aliphatic heterocycles. The molecule has 0 atom stereocenters. The van der Waals surface area contributed by atoms with Crippen molar-refractivity contribution < 1.29 is 0 Å². The molecule has 0 spiro atoms. The van der Waals surface area contributed by atoms with Crippen molar-refractivity contribution in [1.82, 2.24) is 0 Å². The summed E-state index contributed by atoms with van der Waals surface area (Å²) in [7, 11) is 0. The zero-order valence-corrected chi connectivity index (χ0v) is 6.87. The molecule has 0 aliphatic carbocycles. The Labute approximate surface area is 35.7 Å². The molecule has 0 fully saturated rings. The van der Waals surface area contributed by atoms with Gasteiger partial charge in [-0.05, 0) is 0 Å². The zero-order chi connectivity index (χ0) is 3.58. The van der Waals surface area contributed by atoms with E-state index in [0.29, 0.717) is 0 Å². The molecule has 1 heteroatoms. The van der Waals surface area contributed by atoms with Crippen LogP contribution in [0.4, 0.5) is 0 Å². The Balaban J connectivity index is 2.32. The van der Waals surface area contributed by atoms with E-state index < -0.39 is 21.4 Å². The summed E-state index contributed by atoms with van der Waals surface area (Å²) in [5.74, 6) is 0. The average molecular weight is 247 g/mol. The topological polar surface area (TPSA) is 0 Å². The quantitative estimate of drug-likeness (QED) is 0.606. The van der Waals surface area contributed by atoms with Gasteiger partial charge in [-0.15, -0.1) is 0 Å². The molecule has 0 heterocycles. The Bertz CT molecular complexity index is 8.00. The maximum atomic E-state index is 2.38. The fourth-order valence-corrected chi connectivity index (χ4v) is 0. The number of hydrogen-bond acceptors (Lipinski definition) is 0. The Morgan fingerprint density at radius 3 is 1.00 bits per heavy atom. The van der Waals surface area contributed by atoms with Crippen LogP contribution in [0.1, 0.15) is 0 Å². The van der Waals surface area contributed by atoms with E-state index in [2.05, 4.69) is 14.0 Å². The summed E-state index contributed by atoms with van der Waals surface area (Å²) in [6.45, 7) is 0. The standard InChI is InChI=1S/3CH3.In/h3*1H3;/i;;;1+87. The molecular weight excluding hydrogens is 238 g/mol. The van der Waals surface area contributed by atoms with Crippen LogP contribution in [0.25, 0.3) is 0 Å². The summed E-state index contributed by atoms with van der Waals surface area (Å²) in [6.07, 6.45) is 0. The van der Waals surface area contributed by atoms with Crippen LogP contribution in [0, 0.1) is 0 Å². The van der Waals surface area contributed by atoms with Crippen molar-refractivity contribution in [2.24, 2.45) is 0 Å². The third kappa shape index (κ3) is 13.3. The fraction of sp³-hybridized carbons (Fsp3) is 1.00. The van der Waals surface area contributed by atoms with E-state index in [1.54, 1.807) is 0 Å². The maximum absolute atomic E-state index is 2.38. The SMILES string of the molecule is [CH3][202In]([CH3])[CH3]. The van der Waals surface area contributed by atoms with Crippen LogP contribution < -0.4 is 0 Å². The first kappa shape index (κ1) is 4.87. The predicted molar refractivity (Wildman–Crippen MR) is 23.3 cm³/mol. The molecule has 0 rings (SSSR count). The summed E-state index contributed by atoms with van der Waals surface area (Å²) in [5, 5.41) is 0. The van der Waals surface area contributed by atoms with Crippen molar-refractivity contribution in [3.63, 3.8) is 0 Å². The molecule has 0 aliphatic rings. The van der Waals surface area contributed by atoms with E-state index in [4.69, 9.17) is 0 Å². The first-order chi connectivity index (χ1) is 1.73. The fourth-order valence-electron chi connectivity index (χ4n) is 0. The van der Waals surface area contributed by atoms with Crippen molar-refractivity contribution in [2.45, 2.75) is 14.0 Å². The van der Waals surface area contributed by atoms with Gasteiger partial charge < -0.3 is 0 Å². The van der Waals surface area contributed by atoms with Crippen LogP contribution in [0.15, 0.2) is 0 Å². The summed E-state index contributed by atoms with van der Waals surface area (Å²) in [5.41, 5.74) is 0. The Hall–Kier alpha value is 0.870. The van der Waals surface area contributed by atoms with Gasteiger partial charge in [0, 0.05) is 0 Å². The zero-order valence-electron chi connectivity index (χ0n) is 3.58. The molecule has 0 aromatic carbocycles. The van der Waals surface area contributed by atoms with Crippen LogP contribution in [0.5, 0.6) is 0 Å². The van der Waals surface area contributed by atoms with Crippen molar-refractivity contribution in [1.29, 1.82) is 0 Å². The van der Waals surface area contributed by atoms with Crippen molar-refractivity contribution in [3.05, 3.63) is 0 Å². The molecule has 0 saturated heterocycles. The predicted octanol–water partition coefficient (Wildman–Crippen LogP) is 1.37. The van der Waals surface area contributed by atoms with Gasteiger partial charge in [-0.25, -0.2) is 0 Å². The first-order valence-electron chi connectivity index (χ1n) is 1.73. The Kier molecular flexibility index (Phi) is 2.59. The van der Waals surface area contributed by atoms with E-state index in [-0.39, 0.29) is 0 Å². The van der Waals surface area contributed by atoms with Crippen LogP contribution in [-0.2, 0) is 0 Å². The minimum absolute atomic E-state index is 0.637. The normalized spacial score (nSPS) is 6.75. The van der Waals surface area contributed by atoms with E-state index in [1.807, 2.05) is 0 Å². The molecule has 0 radical (unpaired) electrons. The number of rotatable bonds is 0. The van der Waals surface area contributed by atoms with Crippen molar-refractivity contribution in [2.75, 3.05) is 0 Å². The second kappa shape index (κ2) is 2.13. The summed E-state index contributed by atoms with van der Waals surface area (Å²) in [6, 6.07) is 0. The van der Waals surface area contributed by atoms with Crippen molar-refractivity contribution in [3.8, 4) is 0 Å². The molecule has 24 valence electrons. The van der Waals surface area contributed by atoms with Gasteiger partial charge in [-0.1, -0.05) is 0 Å². The minimum atomic E-state index is -0.637. The van der Waals surface area contributed by atoms with Crippen LogP contribution in [0.2, 0.25) is 14.0 Å². The monoisotopic (exact) mass is 247 g/mol. The molecular formula is C3H9In. The molecule has 0 nitrogen and oxygen atoms in total. The van der Waals surface area contributed by atoms with Crippen LogP contribution in [-0.4, -0.2) is 21.4 Å². The molecule has 0 saturated carbocycles. The average Bonchev–Trinajstić information content (AvgIpc) is 0.811. The Morgan fingerprint density at radius 1 is 1.00 bits per heavy atom. The van der Waals surface area contributed by atoms with E-state index >= 15 is 0 Å². The van der Waals surface area contributed by atoms with Gasteiger partial charge in [0.25, 0.3) is 0 Å². The van der Waals surface area contributed by atoms with Gasteiger partial charge in [0.05, 0.1) is 0 Å². The van der Waals surface area contributed by atoms with Gasteiger partial charge in [0.1, 0.15) is 0 Å². The molecule has 0 bridgehead atoms. The Morgan fingerprint density at radius 2 is 1.00 bits per heavy atom. The van der Waals surface area contributed by atoms with Gasteiger partial charge in [-0.3, -0.25) is 0 Å². The van der Waals surface area contributed by atoms with Crippen molar-refractivity contribution >= 4 is 21.4 Å². The van der Waals surface area contributed by atoms with Gasteiger partial charge in [-0.2, -0.15) is 0 Å². The summed E-state index contributed by atoms with van der Waals surface area (Å²) < 4.78 is 7.13. The molecule has 0 aromatic rings. The van der Waals surface area contributed by atoms with E-state index in [1.165, 1.54) is 0 Å². The third-order valence-electron chi connectivity index (χ3n) is 0. The molecule has 0 amide bonds. The van der Waals surface area contributed by atoms with Crippen LogP contribution in [0.3, 0.4) is 0 Å². The second-order valence-corrected chi connectivity index (χ2v) is 11.6. The molecule has 0 N–H and O–H groups in total. The first-order valence-corrected chi connectivity index (χ1v) is 11.6. The third-order valence-corrected chi connectivity index (χ3v) is 0. The summed E-state index contributed by atoms with van der Waals surface area (Å²) in [4.78, 5) is 0. The summed E-state index contributed by atoms with van der Waals surface area (Å²) >= 11 is -0.637. The van der Waals surface area contributed by atoms with E-state index in [9.17, 15) is 0 Å². The number of hydrogen-bond donors (Lipinski definition) is 0. The molecule has 4 heavy (non-hydrogen) atoms. The van der Waals surface area contributed by atoms with Gasteiger partial charge in [0.15, 0.2) is 0 Å². The van der Waals surface area contributed by atoms with E-state index in [0.717, 1.165) is 0 Å². The van der Waals surface area contributed by atoms with Crippen LogP contribution >= 0.6 is 0 Å². The second-order valence-electron chi connectivity index (χ2n) is 1.73. The molecule has 0 aromatic heterocycles.